The molecular weight excluding hydrogens is 276 g/mol. The number of nitrogens with one attached hydrogen (secondary N) is 1. The lowest BCUT2D eigenvalue weighted by atomic mass is 10.1. The molecule has 5 heteroatoms. The molecule has 0 atom stereocenters. The third-order valence-corrected chi connectivity index (χ3v) is 3.01. The van der Waals surface area contributed by atoms with Crippen LogP contribution >= 0.6 is 11.6 Å². The SMILES string of the molecule is COc1ccccc1C(=O)Nc1ccc(C#N)c(Cl)c1. The molecule has 0 aliphatic rings. The molecule has 0 bridgehead atoms. The molecule has 100 valence electrons. The van der Waals surface area contributed by atoms with Gasteiger partial charge in [0.2, 0.25) is 0 Å². The Morgan fingerprint density at radius 3 is 2.70 bits per heavy atom. The molecule has 2 aromatic rings. The number of ether oxygens (including phenoxy) is 1. The minimum atomic E-state index is -0.303. The van der Waals surface area contributed by atoms with E-state index in [2.05, 4.69) is 5.32 Å². The molecule has 1 amide bonds. The van der Waals surface area contributed by atoms with Crippen LogP contribution in [0.5, 0.6) is 5.75 Å². The molecule has 0 heterocycles. The first-order valence-corrected chi connectivity index (χ1v) is 6.17. The van der Waals surface area contributed by atoms with Crippen LogP contribution in [-0.2, 0) is 0 Å². The smallest absolute Gasteiger partial charge is 0.259 e. The number of amides is 1. The minimum Gasteiger partial charge on any atom is -0.496 e. The van der Waals surface area contributed by atoms with E-state index in [4.69, 9.17) is 21.6 Å². The fourth-order valence-corrected chi connectivity index (χ4v) is 1.94. The summed E-state index contributed by atoms with van der Waals surface area (Å²) in [6.45, 7) is 0. The van der Waals surface area contributed by atoms with Gasteiger partial charge in [0.15, 0.2) is 0 Å². The van der Waals surface area contributed by atoms with Crippen LogP contribution < -0.4 is 10.1 Å². The lowest BCUT2D eigenvalue weighted by Crippen LogP contribution is -2.13. The molecule has 0 saturated carbocycles. The van der Waals surface area contributed by atoms with E-state index in [1.807, 2.05) is 6.07 Å². The number of nitrogens with zero attached hydrogens (tertiary/aromatic N) is 1. The van der Waals surface area contributed by atoms with Crippen molar-refractivity contribution in [3.8, 4) is 11.8 Å². The molecule has 1 N–H and O–H groups in total. The Labute approximate surface area is 121 Å². The van der Waals surface area contributed by atoms with Gasteiger partial charge in [-0.2, -0.15) is 5.26 Å². The van der Waals surface area contributed by atoms with E-state index in [0.29, 0.717) is 27.6 Å². The summed E-state index contributed by atoms with van der Waals surface area (Å²) >= 11 is 5.92. The van der Waals surface area contributed by atoms with E-state index in [9.17, 15) is 4.79 Å². The van der Waals surface area contributed by atoms with E-state index in [0.717, 1.165) is 0 Å². The van der Waals surface area contributed by atoms with Crippen LogP contribution in [0.15, 0.2) is 42.5 Å². The number of para-hydroxylation sites is 1. The highest BCUT2D eigenvalue weighted by Gasteiger charge is 2.12. The summed E-state index contributed by atoms with van der Waals surface area (Å²) in [7, 11) is 1.50. The van der Waals surface area contributed by atoms with Crippen LogP contribution in [0, 0.1) is 11.3 Å². The zero-order chi connectivity index (χ0) is 14.5. The predicted molar refractivity (Wildman–Crippen MR) is 77.1 cm³/mol. The molecule has 0 fully saturated rings. The third-order valence-electron chi connectivity index (χ3n) is 2.70. The van der Waals surface area contributed by atoms with Gasteiger partial charge < -0.3 is 10.1 Å². The van der Waals surface area contributed by atoms with Gasteiger partial charge in [0.05, 0.1) is 23.3 Å². The Bertz CT molecular complexity index is 693. The van der Waals surface area contributed by atoms with E-state index < -0.39 is 0 Å². The van der Waals surface area contributed by atoms with Crippen molar-refractivity contribution in [1.82, 2.24) is 0 Å². The number of hydrogen-bond donors (Lipinski definition) is 1. The van der Waals surface area contributed by atoms with E-state index in [-0.39, 0.29) is 5.91 Å². The molecule has 0 saturated heterocycles. The Balaban J connectivity index is 2.24. The van der Waals surface area contributed by atoms with Crippen molar-refractivity contribution in [2.24, 2.45) is 0 Å². The average molecular weight is 287 g/mol. The zero-order valence-corrected chi connectivity index (χ0v) is 11.4. The van der Waals surface area contributed by atoms with Gasteiger partial charge in [-0.1, -0.05) is 23.7 Å². The number of hydrogen-bond acceptors (Lipinski definition) is 3. The van der Waals surface area contributed by atoms with Gasteiger partial charge in [-0.3, -0.25) is 4.79 Å². The first-order valence-electron chi connectivity index (χ1n) is 5.79. The van der Waals surface area contributed by atoms with Gasteiger partial charge in [-0.05, 0) is 30.3 Å². The monoisotopic (exact) mass is 286 g/mol. The van der Waals surface area contributed by atoms with E-state index in [1.54, 1.807) is 36.4 Å². The summed E-state index contributed by atoms with van der Waals surface area (Å²) in [4.78, 5) is 12.2. The maximum Gasteiger partial charge on any atom is 0.259 e. The van der Waals surface area contributed by atoms with Gasteiger partial charge in [0, 0.05) is 5.69 Å². The Morgan fingerprint density at radius 1 is 1.30 bits per heavy atom. The standard InChI is InChI=1S/C15H11ClN2O2/c1-20-14-5-3-2-4-12(14)15(19)18-11-7-6-10(9-17)13(16)8-11/h2-8H,1H3,(H,18,19). The van der Waals surface area contributed by atoms with E-state index in [1.165, 1.54) is 13.2 Å². The second kappa shape index (κ2) is 6.09. The van der Waals surface area contributed by atoms with Crippen molar-refractivity contribution in [2.45, 2.75) is 0 Å². The van der Waals surface area contributed by atoms with Crippen molar-refractivity contribution in [3.05, 3.63) is 58.6 Å². The number of anilines is 1. The molecule has 0 unspecified atom stereocenters. The van der Waals surface area contributed by atoms with Gasteiger partial charge in [-0.25, -0.2) is 0 Å². The second-order valence-electron chi connectivity index (χ2n) is 3.96. The molecule has 0 aliphatic carbocycles. The van der Waals surface area contributed by atoms with Crippen molar-refractivity contribution in [3.63, 3.8) is 0 Å². The van der Waals surface area contributed by atoms with Crippen LogP contribution in [0.25, 0.3) is 0 Å². The number of methoxy groups -OCH3 is 1. The molecule has 4 nitrogen and oxygen atoms in total. The van der Waals surface area contributed by atoms with Gasteiger partial charge in [0.25, 0.3) is 5.91 Å². The fourth-order valence-electron chi connectivity index (χ4n) is 1.71. The quantitative estimate of drug-likeness (QED) is 0.939. The highest BCUT2D eigenvalue weighted by atomic mass is 35.5. The fraction of sp³-hybridized carbons (Fsp3) is 0.0667. The first kappa shape index (κ1) is 13.9. The Hall–Kier alpha value is -2.51. The number of carbonyl (C=O) groups excluding carboxylic acids is 1. The summed E-state index contributed by atoms with van der Waals surface area (Å²) in [6, 6.07) is 13.6. The normalized spacial score (nSPS) is 9.65. The van der Waals surface area contributed by atoms with Crippen molar-refractivity contribution in [2.75, 3.05) is 12.4 Å². The van der Waals surface area contributed by atoms with Crippen LogP contribution in [0.4, 0.5) is 5.69 Å². The molecule has 20 heavy (non-hydrogen) atoms. The predicted octanol–water partition coefficient (Wildman–Crippen LogP) is 3.47. The van der Waals surface area contributed by atoms with Crippen molar-refractivity contribution >= 4 is 23.2 Å². The summed E-state index contributed by atoms with van der Waals surface area (Å²) in [5.74, 6) is 0.188. The lowest BCUT2D eigenvalue weighted by molar-refractivity contribution is 0.102. The van der Waals surface area contributed by atoms with E-state index >= 15 is 0 Å². The maximum absolute atomic E-state index is 12.2. The topological polar surface area (TPSA) is 62.1 Å². The Morgan fingerprint density at radius 2 is 2.05 bits per heavy atom. The third kappa shape index (κ3) is 2.90. The van der Waals surface area contributed by atoms with Crippen LogP contribution in [-0.4, -0.2) is 13.0 Å². The summed E-state index contributed by atoms with van der Waals surface area (Å²) < 4.78 is 5.13. The highest BCUT2D eigenvalue weighted by Crippen LogP contribution is 2.22. The molecule has 0 aliphatic heterocycles. The molecule has 0 radical (unpaired) electrons. The van der Waals surface area contributed by atoms with Gasteiger partial charge in [0.1, 0.15) is 11.8 Å². The highest BCUT2D eigenvalue weighted by molar-refractivity contribution is 6.32. The lowest BCUT2D eigenvalue weighted by Gasteiger charge is -2.09. The van der Waals surface area contributed by atoms with Gasteiger partial charge in [-0.15, -0.1) is 0 Å². The number of carbonyl (C=O) groups is 1. The molecule has 2 rings (SSSR count). The van der Waals surface area contributed by atoms with Crippen LogP contribution in [0.3, 0.4) is 0 Å². The van der Waals surface area contributed by atoms with Crippen molar-refractivity contribution < 1.29 is 9.53 Å². The minimum absolute atomic E-state index is 0.297. The first-order chi connectivity index (χ1) is 9.65. The molecule has 0 aromatic heterocycles. The number of benzene rings is 2. The van der Waals surface area contributed by atoms with Crippen LogP contribution in [0.2, 0.25) is 5.02 Å². The molecule has 2 aromatic carbocycles. The molecular formula is C15H11ClN2O2. The number of halogens is 1. The maximum atomic E-state index is 12.2. The largest absolute Gasteiger partial charge is 0.496 e. The summed E-state index contributed by atoms with van der Waals surface area (Å²) in [6.07, 6.45) is 0. The summed E-state index contributed by atoms with van der Waals surface area (Å²) in [5.41, 5.74) is 1.31. The average Bonchev–Trinajstić information content (AvgIpc) is 2.47. The van der Waals surface area contributed by atoms with Gasteiger partial charge >= 0.3 is 0 Å². The number of rotatable bonds is 3. The zero-order valence-electron chi connectivity index (χ0n) is 10.7. The molecule has 0 spiro atoms. The second-order valence-corrected chi connectivity index (χ2v) is 4.37. The van der Waals surface area contributed by atoms with Crippen LogP contribution in [0.1, 0.15) is 15.9 Å². The number of nitriles is 1. The Kier molecular flexibility index (Phi) is 4.24. The summed E-state index contributed by atoms with van der Waals surface area (Å²) in [5, 5.41) is 11.8. The van der Waals surface area contributed by atoms with Crippen molar-refractivity contribution in [1.29, 1.82) is 5.26 Å².